The van der Waals surface area contributed by atoms with Gasteiger partial charge in [-0.2, -0.15) is 0 Å². The van der Waals surface area contributed by atoms with Gasteiger partial charge in [-0.3, -0.25) is 0 Å². The number of aliphatic hydroxyl groups is 1. The van der Waals surface area contributed by atoms with E-state index in [0.29, 0.717) is 6.54 Å². The standard InChI is InChI=1S/C18H25N3O2/c1-13-16(8-9-18(19-2)21-13)17(22)12-20-11-10-14-4-6-15(23-3)7-5-14/h4-9,17,20,22H,10-12H2,1-3H3,(H,19,21)/t17-/m0/s1. The molecule has 5 heteroatoms. The summed E-state index contributed by atoms with van der Waals surface area (Å²) in [5.74, 6) is 1.68. The number of ether oxygens (including phenoxy) is 1. The summed E-state index contributed by atoms with van der Waals surface area (Å²) in [6.45, 7) is 3.23. The third-order valence-corrected chi connectivity index (χ3v) is 3.83. The molecule has 0 fully saturated rings. The van der Waals surface area contributed by atoms with Crippen LogP contribution >= 0.6 is 0 Å². The molecule has 1 heterocycles. The molecule has 0 saturated carbocycles. The smallest absolute Gasteiger partial charge is 0.125 e. The van der Waals surface area contributed by atoms with Crippen molar-refractivity contribution < 1.29 is 9.84 Å². The van der Waals surface area contributed by atoms with Crippen molar-refractivity contribution >= 4 is 5.82 Å². The van der Waals surface area contributed by atoms with Crippen molar-refractivity contribution in [3.8, 4) is 5.75 Å². The maximum absolute atomic E-state index is 10.3. The van der Waals surface area contributed by atoms with Gasteiger partial charge in [0.1, 0.15) is 11.6 Å². The van der Waals surface area contributed by atoms with Gasteiger partial charge in [-0.05, 0) is 43.7 Å². The molecule has 5 nitrogen and oxygen atoms in total. The van der Waals surface area contributed by atoms with E-state index in [1.807, 2.05) is 38.2 Å². The summed E-state index contributed by atoms with van der Waals surface area (Å²) in [6.07, 6.45) is 0.358. The molecular formula is C18H25N3O2. The molecule has 3 N–H and O–H groups in total. The molecule has 1 atom stereocenters. The van der Waals surface area contributed by atoms with Crippen LogP contribution in [0.15, 0.2) is 36.4 Å². The second-order valence-corrected chi connectivity index (χ2v) is 5.44. The Bertz CT molecular complexity index is 614. The third-order valence-electron chi connectivity index (χ3n) is 3.83. The van der Waals surface area contributed by atoms with Gasteiger partial charge in [-0.1, -0.05) is 18.2 Å². The van der Waals surface area contributed by atoms with Crippen LogP contribution in [-0.2, 0) is 6.42 Å². The number of anilines is 1. The normalized spacial score (nSPS) is 12.0. The lowest BCUT2D eigenvalue weighted by atomic mass is 10.1. The first-order valence-electron chi connectivity index (χ1n) is 7.81. The zero-order chi connectivity index (χ0) is 16.7. The largest absolute Gasteiger partial charge is 0.497 e. The van der Waals surface area contributed by atoms with Crippen LogP contribution in [0.5, 0.6) is 5.75 Å². The summed E-state index contributed by atoms with van der Waals surface area (Å²) < 4.78 is 5.14. The number of aliphatic hydroxyl groups excluding tert-OH is 1. The molecule has 0 radical (unpaired) electrons. The summed E-state index contributed by atoms with van der Waals surface area (Å²) in [7, 11) is 3.50. The highest BCUT2D eigenvalue weighted by Gasteiger charge is 2.11. The topological polar surface area (TPSA) is 66.4 Å². The Morgan fingerprint density at radius 2 is 1.91 bits per heavy atom. The molecule has 0 aliphatic carbocycles. The minimum absolute atomic E-state index is 0.511. The highest BCUT2D eigenvalue weighted by Crippen LogP contribution is 2.17. The lowest BCUT2D eigenvalue weighted by Gasteiger charge is -2.15. The fraction of sp³-hybridized carbons (Fsp3) is 0.389. The Balaban J connectivity index is 1.79. The summed E-state index contributed by atoms with van der Waals surface area (Å²) in [5.41, 5.74) is 2.95. The van der Waals surface area contributed by atoms with Crippen LogP contribution in [0, 0.1) is 6.92 Å². The molecule has 0 amide bonds. The number of pyridine rings is 1. The highest BCUT2D eigenvalue weighted by atomic mass is 16.5. The van der Waals surface area contributed by atoms with Crippen LogP contribution in [-0.4, -0.2) is 37.3 Å². The second kappa shape index (κ2) is 8.50. The van der Waals surface area contributed by atoms with Gasteiger partial charge in [-0.25, -0.2) is 4.98 Å². The number of nitrogens with one attached hydrogen (secondary N) is 2. The fourth-order valence-corrected chi connectivity index (χ4v) is 2.44. The van der Waals surface area contributed by atoms with E-state index < -0.39 is 6.10 Å². The number of aromatic nitrogens is 1. The van der Waals surface area contributed by atoms with Crippen LogP contribution in [0.4, 0.5) is 5.82 Å². The maximum Gasteiger partial charge on any atom is 0.125 e. The zero-order valence-electron chi connectivity index (χ0n) is 14.0. The van der Waals surface area contributed by atoms with E-state index in [-0.39, 0.29) is 0 Å². The van der Waals surface area contributed by atoms with Crippen molar-refractivity contribution in [1.29, 1.82) is 0 Å². The lowest BCUT2D eigenvalue weighted by Crippen LogP contribution is -2.24. The van der Waals surface area contributed by atoms with Crippen LogP contribution in [0.25, 0.3) is 0 Å². The monoisotopic (exact) mass is 315 g/mol. The zero-order valence-corrected chi connectivity index (χ0v) is 14.0. The number of hydrogen-bond acceptors (Lipinski definition) is 5. The Kier molecular flexibility index (Phi) is 6.38. The average molecular weight is 315 g/mol. The molecule has 0 bridgehead atoms. The molecule has 124 valence electrons. The average Bonchev–Trinajstić information content (AvgIpc) is 2.58. The summed E-state index contributed by atoms with van der Waals surface area (Å²) in [4.78, 5) is 4.39. The molecule has 2 rings (SSSR count). The van der Waals surface area contributed by atoms with E-state index >= 15 is 0 Å². The van der Waals surface area contributed by atoms with Crippen LogP contribution in [0.3, 0.4) is 0 Å². The van der Waals surface area contributed by atoms with Crippen molar-refractivity contribution in [3.05, 3.63) is 53.2 Å². The lowest BCUT2D eigenvalue weighted by molar-refractivity contribution is 0.174. The molecule has 0 unspecified atom stereocenters. The minimum Gasteiger partial charge on any atom is -0.497 e. The van der Waals surface area contributed by atoms with Gasteiger partial charge in [0.25, 0.3) is 0 Å². The highest BCUT2D eigenvalue weighted by molar-refractivity contribution is 5.38. The molecule has 0 spiro atoms. The number of methoxy groups -OCH3 is 1. The first kappa shape index (κ1) is 17.2. The van der Waals surface area contributed by atoms with E-state index in [0.717, 1.165) is 35.8 Å². The quantitative estimate of drug-likeness (QED) is 0.652. The molecule has 23 heavy (non-hydrogen) atoms. The first-order valence-corrected chi connectivity index (χ1v) is 7.81. The van der Waals surface area contributed by atoms with Crippen molar-refractivity contribution in [2.75, 3.05) is 32.6 Å². The van der Waals surface area contributed by atoms with Crippen LogP contribution in [0.2, 0.25) is 0 Å². The SMILES string of the molecule is CNc1ccc([C@@H](O)CNCCc2ccc(OC)cc2)c(C)n1. The molecule has 1 aromatic carbocycles. The third kappa shape index (κ3) is 4.94. The Labute approximate surface area is 137 Å². The number of nitrogens with zero attached hydrogens (tertiary/aromatic N) is 1. The molecule has 0 aliphatic heterocycles. The molecule has 0 saturated heterocycles. The fourth-order valence-electron chi connectivity index (χ4n) is 2.44. The maximum atomic E-state index is 10.3. The van der Waals surface area contributed by atoms with E-state index in [1.165, 1.54) is 5.56 Å². The molecule has 0 aliphatic rings. The van der Waals surface area contributed by atoms with Crippen LogP contribution in [0.1, 0.15) is 22.9 Å². The van der Waals surface area contributed by atoms with Gasteiger partial charge < -0.3 is 20.5 Å². The molecular weight excluding hydrogens is 290 g/mol. The minimum atomic E-state index is -0.552. The van der Waals surface area contributed by atoms with E-state index in [1.54, 1.807) is 7.11 Å². The predicted molar refractivity (Wildman–Crippen MR) is 93.0 cm³/mol. The van der Waals surface area contributed by atoms with Gasteiger partial charge in [0.2, 0.25) is 0 Å². The Hall–Kier alpha value is -2.11. The van der Waals surface area contributed by atoms with Gasteiger partial charge in [0.15, 0.2) is 0 Å². The number of hydrogen-bond donors (Lipinski definition) is 3. The van der Waals surface area contributed by atoms with E-state index in [2.05, 4.69) is 27.8 Å². The van der Waals surface area contributed by atoms with Crippen molar-refractivity contribution in [3.63, 3.8) is 0 Å². The first-order chi connectivity index (χ1) is 11.1. The predicted octanol–water partition coefficient (Wildman–Crippen LogP) is 2.31. The molecule has 1 aromatic heterocycles. The van der Waals surface area contributed by atoms with Gasteiger partial charge >= 0.3 is 0 Å². The number of rotatable bonds is 8. The second-order valence-electron chi connectivity index (χ2n) is 5.44. The number of benzene rings is 1. The van der Waals surface area contributed by atoms with E-state index in [9.17, 15) is 5.11 Å². The van der Waals surface area contributed by atoms with Crippen LogP contribution < -0.4 is 15.4 Å². The van der Waals surface area contributed by atoms with E-state index in [4.69, 9.17) is 4.74 Å². The van der Waals surface area contributed by atoms with Crippen molar-refractivity contribution in [2.45, 2.75) is 19.4 Å². The summed E-state index contributed by atoms with van der Waals surface area (Å²) in [5, 5.41) is 16.6. The van der Waals surface area contributed by atoms with Gasteiger partial charge in [-0.15, -0.1) is 0 Å². The molecule has 2 aromatic rings. The Morgan fingerprint density at radius 3 is 2.52 bits per heavy atom. The number of aryl methyl sites for hydroxylation is 1. The van der Waals surface area contributed by atoms with Gasteiger partial charge in [0, 0.05) is 24.8 Å². The summed E-state index contributed by atoms with van der Waals surface area (Å²) >= 11 is 0. The summed E-state index contributed by atoms with van der Waals surface area (Å²) in [6, 6.07) is 11.8. The van der Waals surface area contributed by atoms with Crippen molar-refractivity contribution in [1.82, 2.24) is 10.3 Å². The Morgan fingerprint density at radius 1 is 1.17 bits per heavy atom. The van der Waals surface area contributed by atoms with Gasteiger partial charge in [0.05, 0.1) is 13.2 Å². The van der Waals surface area contributed by atoms with Crippen molar-refractivity contribution in [2.24, 2.45) is 0 Å².